The van der Waals surface area contributed by atoms with Crippen LogP contribution in [0.15, 0.2) is 94.7 Å². The molecule has 4 aromatic carbocycles. The summed E-state index contributed by atoms with van der Waals surface area (Å²) in [5.41, 5.74) is -5.43. The molecule has 6 nitrogen and oxygen atoms in total. The highest BCUT2D eigenvalue weighted by atomic mass is 32.3. The van der Waals surface area contributed by atoms with Crippen LogP contribution in [-0.2, 0) is 27.5 Å². The molecule has 3 atom stereocenters. The lowest BCUT2D eigenvalue weighted by molar-refractivity contribution is -0.202. The second-order valence-corrected chi connectivity index (χ2v) is 23.0. The van der Waals surface area contributed by atoms with Crippen molar-refractivity contribution in [3.63, 3.8) is 0 Å². The Morgan fingerprint density at radius 3 is 1.41 bits per heavy atom. The molecule has 2 aliphatic rings. The van der Waals surface area contributed by atoms with E-state index in [4.69, 9.17) is 3.63 Å². The van der Waals surface area contributed by atoms with Crippen LogP contribution in [0.2, 0.25) is 0 Å². The minimum Gasteiger partial charge on any atom is -0.211 e. The van der Waals surface area contributed by atoms with E-state index >= 15 is 0 Å². The van der Waals surface area contributed by atoms with E-state index in [0.29, 0.717) is 33.4 Å². The molecule has 3 unspecified atom stereocenters. The zero-order valence-corrected chi connectivity index (χ0v) is 31.1. The van der Waals surface area contributed by atoms with Gasteiger partial charge >= 0.3 is 36.9 Å². The summed E-state index contributed by atoms with van der Waals surface area (Å²) in [7, 11) is -17.0. The molecule has 51 heavy (non-hydrogen) atoms. The van der Waals surface area contributed by atoms with Crippen LogP contribution in [0.4, 0.5) is 30.7 Å². The Morgan fingerprint density at radius 2 is 1.00 bits per heavy atom. The molecule has 0 heterocycles. The molecule has 2 fully saturated rings. The maximum Gasteiger partial charge on any atom is 0.523 e. The zero-order chi connectivity index (χ0) is 37.8. The molecule has 282 valence electrons. The van der Waals surface area contributed by atoms with Crippen LogP contribution in [0.5, 0.6) is 0 Å². The van der Waals surface area contributed by atoms with Gasteiger partial charge in [0.1, 0.15) is 0 Å². The lowest BCUT2D eigenvalue weighted by atomic mass is 9.84. The van der Waals surface area contributed by atoms with Crippen molar-refractivity contribution in [1.29, 1.82) is 0 Å². The molecule has 0 radical (unpaired) electrons. The molecular weight excluding hydrogens is 766 g/mol. The third-order valence-corrected chi connectivity index (χ3v) is 17.7. The van der Waals surface area contributed by atoms with Gasteiger partial charge in [0.05, 0.1) is 0 Å². The van der Waals surface area contributed by atoms with Gasteiger partial charge < -0.3 is 0 Å². The maximum absolute atomic E-state index is 14.9. The SMILES string of the molecule is CS(C)(OS(=O)(=O)C(F)(F)C(F)(F)C1CC2CCC1C2)c1cccc2ccccc12.CS(C)(OS(=O)(=O)C(F)(F)F)c1cccc2ccccc12. The highest BCUT2D eigenvalue weighted by Crippen LogP contribution is 2.61. The van der Waals surface area contributed by atoms with Crippen molar-refractivity contribution in [2.45, 2.75) is 52.2 Å². The Kier molecular flexibility index (Phi) is 10.6. The standard InChI is InChI=1S/C21H24F4O3S2.C13H13F3O3S2/c1-29(2,19-9-5-7-15-6-3-4-8-17(15)19)28-30(26,27)21(24,25)20(22,23)18-13-14-10-11-16(18)12-14;1-20(2,19-21(17,18)13(14,15)16)12-9-5-7-10-6-3-4-8-11(10)12/h3-9,14,16,18H,10-13H2,1-2H3;3-9H,1-2H3. The number of benzene rings is 4. The molecule has 2 bridgehead atoms. The van der Waals surface area contributed by atoms with Crippen molar-refractivity contribution in [3.05, 3.63) is 84.9 Å². The number of fused-ring (bicyclic) bond motifs is 4. The van der Waals surface area contributed by atoms with E-state index in [1.807, 2.05) is 0 Å². The van der Waals surface area contributed by atoms with Crippen molar-refractivity contribution < 1.29 is 54.8 Å². The lowest BCUT2D eigenvalue weighted by Crippen LogP contribution is -2.53. The summed E-state index contributed by atoms with van der Waals surface area (Å²) >= 11 is 0. The summed E-state index contributed by atoms with van der Waals surface area (Å²) < 4.78 is 154. The van der Waals surface area contributed by atoms with Gasteiger partial charge in [-0.05, 0) is 89.8 Å². The number of alkyl halides is 7. The molecule has 0 aromatic heterocycles. The largest absolute Gasteiger partial charge is 0.523 e. The number of hydrogen-bond donors (Lipinski definition) is 0. The van der Waals surface area contributed by atoms with E-state index in [-0.39, 0.29) is 12.3 Å². The van der Waals surface area contributed by atoms with E-state index in [1.165, 1.54) is 25.0 Å². The van der Waals surface area contributed by atoms with Crippen molar-refractivity contribution in [1.82, 2.24) is 0 Å². The van der Waals surface area contributed by atoms with Crippen LogP contribution < -0.4 is 0 Å². The molecule has 0 spiro atoms. The second-order valence-electron chi connectivity index (χ2n) is 13.3. The third kappa shape index (κ3) is 7.61. The van der Waals surface area contributed by atoms with E-state index in [9.17, 15) is 47.6 Å². The van der Waals surface area contributed by atoms with Crippen molar-refractivity contribution in [2.75, 3.05) is 25.0 Å². The van der Waals surface area contributed by atoms with E-state index in [1.54, 1.807) is 84.9 Å². The summed E-state index contributed by atoms with van der Waals surface area (Å²) in [6.45, 7) is 0. The van der Waals surface area contributed by atoms with Crippen LogP contribution in [0, 0.1) is 17.8 Å². The molecule has 0 N–H and O–H groups in total. The zero-order valence-electron chi connectivity index (χ0n) is 27.9. The molecule has 6 rings (SSSR count). The summed E-state index contributed by atoms with van der Waals surface area (Å²) in [5.74, 6) is -6.91. The first-order valence-electron chi connectivity index (χ1n) is 15.6. The summed E-state index contributed by atoms with van der Waals surface area (Å²) in [4.78, 5) is 0.858. The Hall–Kier alpha value is -2.57. The summed E-state index contributed by atoms with van der Waals surface area (Å²) in [6, 6.07) is 24.2. The van der Waals surface area contributed by atoms with Crippen molar-refractivity contribution in [2.24, 2.45) is 17.8 Å². The number of halogens is 7. The highest BCUT2D eigenvalue weighted by molar-refractivity contribution is 8.32. The predicted octanol–water partition coefficient (Wildman–Crippen LogP) is 10.2. The quantitative estimate of drug-likeness (QED) is 0.124. The molecule has 0 amide bonds. The first-order valence-corrected chi connectivity index (χ1v) is 23.1. The fourth-order valence-electron chi connectivity index (χ4n) is 6.92. The first kappa shape index (κ1) is 39.6. The van der Waals surface area contributed by atoms with E-state index in [0.717, 1.165) is 17.2 Å². The molecule has 2 saturated carbocycles. The van der Waals surface area contributed by atoms with Gasteiger partial charge in [-0.15, -0.1) is 0 Å². The highest BCUT2D eigenvalue weighted by Gasteiger charge is 2.72. The Bertz CT molecular complexity index is 2130. The molecule has 0 saturated heterocycles. The molecule has 0 aliphatic heterocycles. The summed E-state index contributed by atoms with van der Waals surface area (Å²) in [5, 5.41) is -2.40. The molecular formula is C34H37F7O6S4. The van der Waals surface area contributed by atoms with Gasteiger partial charge in [-0.3, -0.25) is 0 Å². The van der Waals surface area contributed by atoms with E-state index < -0.39 is 69.4 Å². The van der Waals surface area contributed by atoms with Crippen LogP contribution >= 0.6 is 20.6 Å². The Labute approximate surface area is 296 Å². The fraction of sp³-hybridized carbons (Fsp3) is 0.412. The minimum atomic E-state index is -5.89. The van der Waals surface area contributed by atoms with Gasteiger partial charge in [-0.25, -0.2) is 7.26 Å². The molecule has 4 aromatic rings. The second kappa shape index (κ2) is 13.7. The molecule has 2 aliphatic carbocycles. The summed E-state index contributed by atoms with van der Waals surface area (Å²) in [6.07, 6.45) is 7.07. The van der Waals surface area contributed by atoms with Crippen LogP contribution in [0.3, 0.4) is 0 Å². The van der Waals surface area contributed by atoms with Crippen molar-refractivity contribution >= 4 is 62.4 Å². The maximum atomic E-state index is 14.9. The topological polar surface area (TPSA) is 86.7 Å². The molecule has 17 heteroatoms. The Morgan fingerprint density at radius 1 is 0.569 bits per heavy atom. The third-order valence-electron chi connectivity index (χ3n) is 9.27. The minimum absolute atomic E-state index is 0.0250. The fourth-order valence-corrected chi connectivity index (χ4v) is 14.5. The average molecular weight is 803 g/mol. The van der Waals surface area contributed by atoms with Crippen LogP contribution in [0.25, 0.3) is 21.5 Å². The first-order chi connectivity index (χ1) is 23.4. The van der Waals surface area contributed by atoms with Gasteiger partial charge in [-0.2, -0.15) is 47.6 Å². The predicted molar refractivity (Wildman–Crippen MR) is 188 cm³/mol. The van der Waals surface area contributed by atoms with Gasteiger partial charge in [0.15, 0.2) is 0 Å². The normalized spacial score (nSPS) is 21.0. The van der Waals surface area contributed by atoms with E-state index in [2.05, 4.69) is 3.63 Å². The number of hydrogen-bond acceptors (Lipinski definition) is 6. The van der Waals surface area contributed by atoms with Gasteiger partial charge in [0.2, 0.25) is 0 Å². The van der Waals surface area contributed by atoms with Crippen molar-refractivity contribution in [3.8, 4) is 0 Å². The number of rotatable bonds is 9. The van der Waals surface area contributed by atoms with Gasteiger partial charge in [0, 0.05) is 15.7 Å². The Balaban J connectivity index is 0.000000211. The average Bonchev–Trinajstić information content (AvgIpc) is 3.68. The smallest absolute Gasteiger partial charge is 0.211 e. The van der Waals surface area contributed by atoms with Gasteiger partial charge in [0.25, 0.3) is 0 Å². The van der Waals surface area contributed by atoms with Gasteiger partial charge in [-0.1, -0.05) is 99.8 Å². The van der Waals surface area contributed by atoms with Crippen LogP contribution in [0.1, 0.15) is 25.7 Å². The monoisotopic (exact) mass is 802 g/mol. The lowest BCUT2D eigenvalue weighted by Gasteiger charge is -2.37. The van der Waals surface area contributed by atoms with Crippen LogP contribution in [-0.4, -0.2) is 58.5 Å².